The largest absolute Gasteiger partial charge is 0.383 e. The van der Waals surface area contributed by atoms with Crippen LogP contribution in [0.25, 0.3) is 0 Å². The lowest BCUT2D eigenvalue weighted by Crippen LogP contribution is -2.27. The molecule has 0 saturated heterocycles. The molecule has 2 aromatic rings. The highest BCUT2D eigenvalue weighted by Gasteiger charge is 2.07. The first-order valence-corrected chi connectivity index (χ1v) is 7.52. The van der Waals surface area contributed by atoms with Gasteiger partial charge in [0, 0.05) is 36.2 Å². The Morgan fingerprint density at radius 2 is 2.05 bits per heavy atom. The lowest BCUT2D eigenvalue weighted by atomic mass is 10.2. The van der Waals surface area contributed by atoms with Gasteiger partial charge in [0.1, 0.15) is 0 Å². The fourth-order valence-corrected chi connectivity index (χ4v) is 2.06. The van der Waals surface area contributed by atoms with Gasteiger partial charge in [0.05, 0.1) is 12.2 Å². The molecule has 0 fully saturated rings. The van der Waals surface area contributed by atoms with Crippen LogP contribution in [0.5, 0.6) is 0 Å². The number of methoxy groups -OCH3 is 1. The second-order valence-corrected chi connectivity index (χ2v) is 5.49. The standard InChI is InChI=1S/C15H17BrN4O2/c1-10-3-4-12(7-13(10)16)20-15-18-8-11(9-19-15)14(21)17-5-6-22-2/h3-4,7-9H,5-6H2,1-2H3,(H,17,21)(H,18,19,20). The third-order valence-electron chi connectivity index (χ3n) is 2.93. The van der Waals surface area contributed by atoms with Gasteiger partial charge in [0.2, 0.25) is 5.95 Å². The highest BCUT2D eigenvalue weighted by atomic mass is 79.9. The molecule has 2 N–H and O–H groups in total. The zero-order valence-electron chi connectivity index (χ0n) is 12.4. The molecule has 0 unspecified atom stereocenters. The van der Waals surface area contributed by atoms with Gasteiger partial charge in [-0.15, -0.1) is 0 Å². The van der Waals surface area contributed by atoms with Crippen LogP contribution in [0, 0.1) is 6.92 Å². The summed E-state index contributed by atoms with van der Waals surface area (Å²) >= 11 is 3.48. The van der Waals surface area contributed by atoms with E-state index in [-0.39, 0.29) is 5.91 Å². The Morgan fingerprint density at radius 1 is 1.32 bits per heavy atom. The molecule has 1 aromatic heterocycles. The summed E-state index contributed by atoms with van der Waals surface area (Å²) < 4.78 is 5.88. The molecule has 7 heteroatoms. The van der Waals surface area contributed by atoms with E-state index < -0.39 is 0 Å². The van der Waals surface area contributed by atoms with E-state index in [9.17, 15) is 4.79 Å². The minimum atomic E-state index is -0.221. The summed E-state index contributed by atoms with van der Waals surface area (Å²) in [4.78, 5) is 20.1. The van der Waals surface area contributed by atoms with Crippen LogP contribution in [0.3, 0.4) is 0 Å². The minimum Gasteiger partial charge on any atom is -0.383 e. The molecule has 0 aliphatic rings. The fourth-order valence-electron chi connectivity index (χ4n) is 1.68. The number of halogens is 1. The van der Waals surface area contributed by atoms with Crippen molar-refractivity contribution in [3.63, 3.8) is 0 Å². The molecule has 0 bridgehead atoms. The number of rotatable bonds is 6. The normalized spacial score (nSPS) is 10.3. The monoisotopic (exact) mass is 364 g/mol. The predicted molar refractivity (Wildman–Crippen MR) is 88.4 cm³/mol. The van der Waals surface area contributed by atoms with Crippen molar-refractivity contribution in [1.29, 1.82) is 0 Å². The summed E-state index contributed by atoms with van der Waals surface area (Å²) in [6.45, 7) is 2.93. The maximum Gasteiger partial charge on any atom is 0.254 e. The van der Waals surface area contributed by atoms with E-state index in [1.165, 1.54) is 12.4 Å². The summed E-state index contributed by atoms with van der Waals surface area (Å²) in [5.41, 5.74) is 2.43. The van der Waals surface area contributed by atoms with Crippen LogP contribution in [0.4, 0.5) is 11.6 Å². The molecular weight excluding hydrogens is 348 g/mol. The van der Waals surface area contributed by atoms with E-state index in [0.29, 0.717) is 24.7 Å². The lowest BCUT2D eigenvalue weighted by Gasteiger charge is -2.07. The van der Waals surface area contributed by atoms with Crippen molar-refractivity contribution in [1.82, 2.24) is 15.3 Å². The Kier molecular flexibility index (Phi) is 5.85. The maximum atomic E-state index is 11.8. The number of hydrogen-bond donors (Lipinski definition) is 2. The van der Waals surface area contributed by atoms with Gasteiger partial charge < -0.3 is 15.4 Å². The number of carbonyl (C=O) groups is 1. The number of benzene rings is 1. The second kappa shape index (κ2) is 7.86. The summed E-state index contributed by atoms with van der Waals surface area (Å²) in [7, 11) is 1.58. The number of carbonyl (C=O) groups excluding carboxylic acids is 1. The van der Waals surface area contributed by atoms with Gasteiger partial charge in [0.25, 0.3) is 5.91 Å². The average Bonchev–Trinajstić information content (AvgIpc) is 2.52. The SMILES string of the molecule is COCCNC(=O)c1cnc(Nc2ccc(C)c(Br)c2)nc1. The Balaban J connectivity index is 1.99. The van der Waals surface area contributed by atoms with Crippen LogP contribution in [-0.4, -0.2) is 36.1 Å². The van der Waals surface area contributed by atoms with Crippen LogP contribution < -0.4 is 10.6 Å². The molecule has 1 aromatic carbocycles. The molecule has 0 atom stereocenters. The van der Waals surface area contributed by atoms with E-state index >= 15 is 0 Å². The number of aryl methyl sites for hydroxylation is 1. The number of hydrogen-bond acceptors (Lipinski definition) is 5. The Labute approximate surface area is 137 Å². The van der Waals surface area contributed by atoms with E-state index in [0.717, 1.165) is 15.7 Å². The minimum absolute atomic E-state index is 0.221. The molecule has 22 heavy (non-hydrogen) atoms. The molecule has 0 radical (unpaired) electrons. The summed E-state index contributed by atoms with van der Waals surface area (Å²) in [5, 5.41) is 5.80. The number of nitrogens with one attached hydrogen (secondary N) is 2. The van der Waals surface area contributed by atoms with Gasteiger partial charge in [-0.2, -0.15) is 0 Å². The summed E-state index contributed by atoms with van der Waals surface area (Å²) in [5.74, 6) is 0.214. The molecule has 0 saturated carbocycles. The van der Waals surface area contributed by atoms with Crippen LogP contribution in [0.1, 0.15) is 15.9 Å². The van der Waals surface area contributed by atoms with Crippen LogP contribution in [-0.2, 0) is 4.74 Å². The highest BCUT2D eigenvalue weighted by Crippen LogP contribution is 2.22. The maximum absolute atomic E-state index is 11.8. The molecule has 0 spiro atoms. The zero-order valence-corrected chi connectivity index (χ0v) is 14.0. The summed E-state index contributed by atoms with van der Waals surface area (Å²) in [6.07, 6.45) is 2.97. The summed E-state index contributed by atoms with van der Waals surface area (Å²) in [6, 6.07) is 5.88. The van der Waals surface area contributed by atoms with Gasteiger partial charge in [-0.3, -0.25) is 4.79 Å². The predicted octanol–water partition coefficient (Wildman–Crippen LogP) is 2.67. The van der Waals surface area contributed by atoms with Crippen LogP contribution in [0.2, 0.25) is 0 Å². The third-order valence-corrected chi connectivity index (χ3v) is 3.79. The van der Waals surface area contributed by atoms with E-state index in [4.69, 9.17) is 4.74 Å². The first-order valence-electron chi connectivity index (χ1n) is 6.72. The van der Waals surface area contributed by atoms with Crippen molar-refractivity contribution in [3.05, 3.63) is 46.2 Å². The van der Waals surface area contributed by atoms with Gasteiger partial charge in [-0.25, -0.2) is 9.97 Å². The smallest absolute Gasteiger partial charge is 0.254 e. The van der Waals surface area contributed by atoms with Crippen LogP contribution >= 0.6 is 15.9 Å². The number of anilines is 2. The fraction of sp³-hybridized carbons (Fsp3) is 0.267. The molecule has 0 aliphatic heterocycles. The first-order chi connectivity index (χ1) is 10.6. The van der Waals surface area contributed by atoms with Crippen molar-refractivity contribution in [2.75, 3.05) is 25.6 Å². The van der Waals surface area contributed by atoms with E-state index in [1.807, 2.05) is 25.1 Å². The van der Waals surface area contributed by atoms with Crippen LogP contribution in [0.15, 0.2) is 35.1 Å². The number of aromatic nitrogens is 2. The van der Waals surface area contributed by atoms with Crippen molar-refractivity contribution in [2.45, 2.75) is 6.92 Å². The Bertz CT molecular complexity index is 646. The molecule has 6 nitrogen and oxygen atoms in total. The van der Waals surface area contributed by atoms with Gasteiger partial charge >= 0.3 is 0 Å². The number of ether oxygens (including phenoxy) is 1. The molecular formula is C15H17BrN4O2. The molecule has 2 rings (SSSR count). The number of nitrogens with zero attached hydrogens (tertiary/aromatic N) is 2. The lowest BCUT2D eigenvalue weighted by molar-refractivity contribution is 0.0936. The van der Waals surface area contributed by atoms with Crippen molar-refractivity contribution in [3.8, 4) is 0 Å². The van der Waals surface area contributed by atoms with E-state index in [2.05, 4.69) is 36.5 Å². The molecule has 116 valence electrons. The van der Waals surface area contributed by atoms with Gasteiger partial charge in [0.15, 0.2) is 0 Å². The van der Waals surface area contributed by atoms with Gasteiger partial charge in [-0.05, 0) is 24.6 Å². The number of amides is 1. The Morgan fingerprint density at radius 3 is 2.68 bits per heavy atom. The van der Waals surface area contributed by atoms with Crippen molar-refractivity contribution in [2.24, 2.45) is 0 Å². The highest BCUT2D eigenvalue weighted by molar-refractivity contribution is 9.10. The Hall–Kier alpha value is -1.99. The van der Waals surface area contributed by atoms with Crippen molar-refractivity contribution < 1.29 is 9.53 Å². The first kappa shape index (κ1) is 16.4. The molecule has 1 amide bonds. The van der Waals surface area contributed by atoms with Crippen molar-refractivity contribution >= 4 is 33.5 Å². The topological polar surface area (TPSA) is 76.1 Å². The van der Waals surface area contributed by atoms with Gasteiger partial charge in [-0.1, -0.05) is 22.0 Å². The van der Waals surface area contributed by atoms with E-state index in [1.54, 1.807) is 7.11 Å². The zero-order chi connectivity index (χ0) is 15.9. The second-order valence-electron chi connectivity index (χ2n) is 4.63. The third kappa shape index (κ3) is 4.51. The quantitative estimate of drug-likeness (QED) is 0.770. The average molecular weight is 365 g/mol. The molecule has 1 heterocycles. The molecule has 0 aliphatic carbocycles.